The molecule has 1 aliphatic rings. The molecule has 0 unspecified atom stereocenters. The van der Waals surface area contributed by atoms with Gasteiger partial charge in [-0.2, -0.15) is 0 Å². The van der Waals surface area contributed by atoms with Crippen molar-refractivity contribution in [3.63, 3.8) is 0 Å². The average molecular weight is 214 g/mol. The van der Waals surface area contributed by atoms with Crippen molar-refractivity contribution < 1.29 is 20.1 Å². The van der Waals surface area contributed by atoms with Gasteiger partial charge in [0.15, 0.2) is 0 Å². The van der Waals surface area contributed by atoms with Crippen molar-refractivity contribution in [2.45, 2.75) is 51.2 Å². The lowest BCUT2D eigenvalue weighted by Crippen LogP contribution is -2.37. The number of aliphatic carboxylic acids is 1. The number of carboxylic acid groups (broad SMARTS) is 1. The second kappa shape index (κ2) is 4.33. The monoisotopic (exact) mass is 214 g/mol. The number of hydrogen-bond donors (Lipinski definition) is 3. The summed E-state index contributed by atoms with van der Waals surface area (Å²) in [5.41, 5.74) is -0.322. The third-order valence-corrected chi connectivity index (χ3v) is 3.36. The Labute approximate surface area is 89.2 Å². The number of carbonyl (C=O) groups is 1. The summed E-state index contributed by atoms with van der Waals surface area (Å²) in [6.45, 7) is 3.15. The molecule has 0 saturated heterocycles. The van der Waals surface area contributed by atoms with Crippen LogP contribution in [0, 0.1) is 0 Å². The lowest BCUT2D eigenvalue weighted by molar-refractivity contribution is -0.132. The van der Waals surface area contributed by atoms with Crippen LogP contribution in [0.4, 0.5) is 0 Å². The van der Waals surface area contributed by atoms with Crippen LogP contribution in [0.25, 0.3) is 0 Å². The first-order valence-corrected chi connectivity index (χ1v) is 5.18. The van der Waals surface area contributed by atoms with Crippen LogP contribution in [0.5, 0.6) is 0 Å². The van der Waals surface area contributed by atoms with Crippen molar-refractivity contribution >= 4 is 5.97 Å². The quantitative estimate of drug-likeness (QED) is 0.601. The van der Waals surface area contributed by atoms with Gasteiger partial charge in [0.05, 0.1) is 11.7 Å². The highest BCUT2D eigenvalue weighted by molar-refractivity contribution is 5.87. The minimum atomic E-state index is -1.04. The molecule has 0 aromatic carbocycles. The van der Waals surface area contributed by atoms with Gasteiger partial charge in [-0.1, -0.05) is 0 Å². The van der Waals surface area contributed by atoms with Gasteiger partial charge in [0, 0.05) is 5.57 Å². The van der Waals surface area contributed by atoms with Gasteiger partial charge in [0.2, 0.25) is 0 Å². The maximum absolute atomic E-state index is 10.8. The van der Waals surface area contributed by atoms with Crippen LogP contribution in [-0.2, 0) is 4.79 Å². The van der Waals surface area contributed by atoms with E-state index >= 15 is 0 Å². The molecule has 1 rings (SSSR count). The smallest absolute Gasteiger partial charge is 0.331 e. The predicted molar refractivity (Wildman–Crippen MR) is 55.4 cm³/mol. The van der Waals surface area contributed by atoms with E-state index in [0.717, 1.165) is 0 Å². The first-order chi connectivity index (χ1) is 6.87. The Kier molecular flexibility index (Phi) is 3.52. The highest BCUT2D eigenvalue weighted by Gasteiger charge is 2.35. The Morgan fingerprint density at radius 3 is 2.13 bits per heavy atom. The third-order valence-electron chi connectivity index (χ3n) is 3.36. The van der Waals surface area contributed by atoms with Crippen LogP contribution >= 0.6 is 0 Å². The molecule has 0 radical (unpaired) electrons. The van der Waals surface area contributed by atoms with Crippen LogP contribution in [0.3, 0.4) is 0 Å². The SMILES string of the molecule is CC(C(=O)O)=C(C)C1(O)CCC(O)CC1. The molecular weight excluding hydrogens is 196 g/mol. The summed E-state index contributed by atoms with van der Waals surface area (Å²) in [5.74, 6) is -0.993. The molecule has 4 heteroatoms. The largest absolute Gasteiger partial charge is 0.478 e. The normalized spacial score (nSPS) is 33.5. The summed E-state index contributed by atoms with van der Waals surface area (Å²) in [6, 6.07) is 0. The van der Waals surface area contributed by atoms with Gasteiger partial charge in [0.1, 0.15) is 0 Å². The molecule has 0 aliphatic heterocycles. The summed E-state index contributed by atoms with van der Waals surface area (Å²) >= 11 is 0. The number of aliphatic hydroxyl groups is 2. The van der Waals surface area contributed by atoms with E-state index in [2.05, 4.69) is 0 Å². The Balaban J connectivity index is 2.87. The van der Waals surface area contributed by atoms with E-state index in [1.165, 1.54) is 6.92 Å². The number of rotatable bonds is 2. The lowest BCUT2D eigenvalue weighted by Gasteiger charge is -2.35. The molecule has 0 atom stereocenters. The van der Waals surface area contributed by atoms with Gasteiger partial charge in [-0.3, -0.25) is 0 Å². The zero-order chi connectivity index (χ0) is 11.6. The molecule has 0 spiro atoms. The van der Waals surface area contributed by atoms with Crippen LogP contribution in [0.1, 0.15) is 39.5 Å². The Hall–Kier alpha value is -0.870. The summed E-state index contributed by atoms with van der Waals surface area (Å²) in [5, 5.41) is 28.4. The molecule has 0 heterocycles. The van der Waals surface area contributed by atoms with Gasteiger partial charge < -0.3 is 15.3 Å². The fourth-order valence-corrected chi connectivity index (χ4v) is 1.96. The van der Waals surface area contributed by atoms with Gasteiger partial charge in [-0.05, 0) is 45.1 Å². The summed E-state index contributed by atoms with van der Waals surface area (Å²) in [7, 11) is 0. The molecule has 1 saturated carbocycles. The van der Waals surface area contributed by atoms with Crippen molar-refractivity contribution in [1.82, 2.24) is 0 Å². The minimum absolute atomic E-state index is 0.203. The maximum atomic E-state index is 10.8. The van der Waals surface area contributed by atoms with Gasteiger partial charge in [-0.25, -0.2) is 4.79 Å². The van der Waals surface area contributed by atoms with E-state index in [-0.39, 0.29) is 11.7 Å². The average Bonchev–Trinajstić information content (AvgIpc) is 2.20. The van der Waals surface area contributed by atoms with Crippen molar-refractivity contribution in [3.8, 4) is 0 Å². The first-order valence-electron chi connectivity index (χ1n) is 5.18. The van der Waals surface area contributed by atoms with Crippen LogP contribution in [-0.4, -0.2) is 33.0 Å². The van der Waals surface area contributed by atoms with E-state index in [9.17, 15) is 15.0 Å². The molecule has 0 aromatic rings. The van der Waals surface area contributed by atoms with E-state index in [1.54, 1.807) is 6.92 Å². The Morgan fingerprint density at radius 1 is 1.27 bits per heavy atom. The summed E-state index contributed by atoms with van der Waals surface area (Å²) in [6.07, 6.45) is 1.57. The van der Waals surface area contributed by atoms with Gasteiger partial charge >= 0.3 is 5.97 Å². The third kappa shape index (κ3) is 2.58. The van der Waals surface area contributed by atoms with E-state index in [4.69, 9.17) is 5.11 Å². The van der Waals surface area contributed by atoms with Crippen LogP contribution in [0.15, 0.2) is 11.1 Å². The second-order valence-corrected chi connectivity index (χ2v) is 4.32. The Bertz CT molecular complexity index is 285. The first kappa shape index (κ1) is 12.2. The van der Waals surface area contributed by atoms with Crippen molar-refractivity contribution in [3.05, 3.63) is 11.1 Å². The summed E-state index contributed by atoms with van der Waals surface area (Å²) < 4.78 is 0. The molecule has 86 valence electrons. The van der Waals surface area contributed by atoms with Gasteiger partial charge in [0.25, 0.3) is 0 Å². The van der Waals surface area contributed by atoms with Gasteiger partial charge in [-0.15, -0.1) is 0 Å². The topological polar surface area (TPSA) is 77.8 Å². The summed E-state index contributed by atoms with van der Waals surface area (Å²) in [4.78, 5) is 10.8. The van der Waals surface area contributed by atoms with Crippen molar-refractivity contribution in [2.24, 2.45) is 0 Å². The Morgan fingerprint density at radius 2 is 1.73 bits per heavy atom. The zero-order valence-electron chi connectivity index (χ0n) is 9.16. The molecule has 4 nitrogen and oxygen atoms in total. The number of hydrogen-bond acceptors (Lipinski definition) is 3. The van der Waals surface area contributed by atoms with E-state index < -0.39 is 11.6 Å². The molecule has 0 amide bonds. The van der Waals surface area contributed by atoms with E-state index in [1.807, 2.05) is 0 Å². The van der Waals surface area contributed by atoms with Crippen molar-refractivity contribution in [1.29, 1.82) is 0 Å². The lowest BCUT2D eigenvalue weighted by atomic mass is 9.77. The molecule has 1 fully saturated rings. The molecule has 0 aromatic heterocycles. The molecule has 1 aliphatic carbocycles. The maximum Gasteiger partial charge on any atom is 0.331 e. The molecular formula is C11H18O4. The number of carboxylic acids is 1. The standard InChI is InChI=1S/C11H18O4/c1-7(10(13)14)8(2)11(15)5-3-9(12)4-6-11/h9,12,15H,3-6H2,1-2H3,(H,13,14). The van der Waals surface area contributed by atoms with Crippen LogP contribution < -0.4 is 0 Å². The fourth-order valence-electron chi connectivity index (χ4n) is 1.96. The zero-order valence-corrected chi connectivity index (χ0v) is 9.16. The van der Waals surface area contributed by atoms with Crippen molar-refractivity contribution in [2.75, 3.05) is 0 Å². The highest BCUT2D eigenvalue weighted by atomic mass is 16.4. The second-order valence-electron chi connectivity index (χ2n) is 4.32. The predicted octanol–water partition coefficient (Wildman–Crippen LogP) is 1.07. The molecule has 0 bridgehead atoms. The molecule has 15 heavy (non-hydrogen) atoms. The molecule has 3 N–H and O–H groups in total. The fraction of sp³-hybridized carbons (Fsp3) is 0.727. The minimum Gasteiger partial charge on any atom is -0.478 e. The highest BCUT2D eigenvalue weighted by Crippen LogP contribution is 2.35. The van der Waals surface area contributed by atoms with E-state index in [0.29, 0.717) is 31.3 Å². The van der Waals surface area contributed by atoms with Crippen LogP contribution in [0.2, 0.25) is 0 Å². The number of aliphatic hydroxyl groups excluding tert-OH is 1.